The number of nitrogens with one attached hydrogen (secondary N) is 1. The van der Waals surface area contributed by atoms with E-state index in [0.717, 1.165) is 0 Å². The van der Waals surface area contributed by atoms with Crippen molar-refractivity contribution in [2.75, 3.05) is 12.4 Å². The molecule has 0 aliphatic carbocycles. The Hall–Kier alpha value is -1.46. The van der Waals surface area contributed by atoms with Gasteiger partial charge in [-0.15, -0.1) is 16.7 Å². The number of rotatable bonds is 4. The van der Waals surface area contributed by atoms with Gasteiger partial charge in [0.15, 0.2) is 0 Å². The number of hydrogen-bond donors (Lipinski definition) is 1. The van der Waals surface area contributed by atoms with E-state index in [1.165, 1.54) is 0 Å². The lowest BCUT2D eigenvalue weighted by Gasteiger charge is -2.08. The molecule has 0 saturated heterocycles. The first-order valence-electron chi connectivity index (χ1n) is 5.18. The quantitative estimate of drug-likeness (QED) is 0.868. The maximum absolute atomic E-state index is 5.91. The van der Waals surface area contributed by atoms with E-state index in [4.69, 9.17) is 32.4 Å². The fourth-order valence-electron chi connectivity index (χ4n) is 1.34. The van der Waals surface area contributed by atoms with Crippen molar-refractivity contribution in [3.05, 3.63) is 29.1 Å². The summed E-state index contributed by atoms with van der Waals surface area (Å²) in [6.07, 6.45) is 0. The topological polar surface area (TPSA) is 60.2 Å². The molecule has 0 bridgehead atoms. The number of hydrogen-bond acceptors (Lipinski definition) is 5. The summed E-state index contributed by atoms with van der Waals surface area (Å²) in [6.45, 7) is 1.75. The first kappa shape index (κ1) is 13.0. The number of methoxy groups -OCH3 is 1. The van der Waals surface area contributed by atoms with Crippen molar-refractivity contribution >= 4 is 34.9 Å². The molecule has 0 saturated carbocycles. The highest BCUT2D eigenvalue weighted by Gasteiger charge is 2.12. The number of aromatic nitrogens is 2. The summed E-state index contributed by atoms with van der Waals surface area (Å²) in [4.78, 5) is 0. The average Bonchev–Trinajstić information content (AvgIpc) is 2.78. The molecule has 0 aliphatic rings. The first-order valence-corrected chi connectivity index (χ1v) is 5.99. The van der Waals surface area contributed by atoms with Crippen LogP contribution in [0.15, 0.2) is 22.6 Å². The largest absolute Gasteiger partial charge is 0.495 e. The lowest BCUT2D eigenvalue weighted by atomic mass is 10.3. The molecule has 1 aromatic carbocycles. The number of benzene rings is 1. The van der Waals surface area contributed by atoms with Crippen molar-refractivity contribution in [2.24, 2.45) is 0 Å². The number of alkyl halides is 1. The van der Waals surface area contributed by atoms with Crippen LogP contribution in [0.25, 0.3) is 0 Å². The molecule has 7 heteroatoms. The molecule has 1 heterocycles. The van der Waals surface area contributed by atoms with E-state index in [9.17, 15) is 0 Å². The zero-order valence-corrected chi connectivity index (χ0v) is 11.3. The maximum atomic E-state index is 5.91. The predicted octanol–water partition coefficient (Wildman–Crippen LogP) is 3.78. The summed E-state index contributed by atoms with van der Waals surface area (Å²) in [5.74, 6) is 0.971. The van der Waals surface area contributed by atoms with Crippen LogP contribution in [0.2, 0.25) is 5.02 Å². The van der Waals surface area contributed by atoms with E-state index in [0.29, 0.717) is 22.4 Å². The Kier molecular flexibility index (Phi) is 3.93. The molecule has 96 valence electrons. The highest BCUT2D eigenvalue weighted by Crippen LogP contribution is 2.30. The second kappa shape index (κ2) is 5.46. The standard InChI is InChI=1S/C11H11Cl2N3O2/c1-6(12)10-15-16-11(18-10)14-8-5-7(13)3-4-9(8)17-2/h3-6H,1-2H3,(H,14,16). The molecule has 2 aromatic rings. The van der Waals surface area contributed by atoms with Gasteiger partial charge in [0.25, 0.3) is 0 Å². The molecule has 0 fully saturated rings. The van der Waals surface area contributed by atoms with Crippen molar-refractivity contribution in [1.82, 2.24) is 10.2 Å². The van der Waals surface area contributed by atoms with E-state index in [1.807, 2.05) is 0 Å². The lowest BCUT2D eigenvalue weighted by Crippen LogP contribution is -1.94. The van der Waals surface area contributed by atoms with Gasteiger partial charge in [-0.1, -0.05) is 16.7 Å². The van der Waals surface area contributed by atoms with Gasteiger partial charge in [-0.05, 0) is 25.1 Å². The smallest absolute Gasteiger partial charge is 0.320 e. The SMILES string of the molecule is COc1ccc(Cl)cc1Nc1nnc(C(C)Cl)o1. The molecule has 1 unspecified atom stereocenters. The maximum Gasteiger partial charge on any atom is 0.320 e. The van der Waals surface area contributed by atoms with Crippen LogP contribution in [0.1, 0.15) is 18.2 Å². The third kappa shape index (κ3) is 2.86. The van der Waals surface area contributed by atoms with Gasteiger partial charge in [0.05, 0.1) is 12.8 Å². The number of anilines is 2. The molecule has 2 rings (SSSR count). The van der Waals surface area contributed by atoms with E-state index in [1.54, 1.807) is 32.2 Å². The Morgan fingerprint density at radius 2 is 2.17 bits per heavy atom. The highest BCUT2D eigenvalue weighted by molar-refractivity contribution is 6.31. The molecule has 1 atom stereocenters. The van der Waals surface area contributed by atoms with Crippen LogP contribution >= 0.6 is 23.2 Å². The van der Waals surface area contributed by atoms with E-state index in [-0.39, 0.29) is 11.4 Å². The van der Waals surface area contributed by atoms with Gasteiger partial charge >= 0.3 is 6.01 Å². The summed E-state index contributed by atoms with van der Waals surface area (Å²) in [6, 6.07) is 5.41. The molecule has 1 aromatic heterocycles. The Morgan fingerprint density at radius 1 is 1.39 bits per heavy atom. The van der Waals surface area contributed by atoms with Crippen LogP contribution in [0.5, 0.6) is 5.75 Å². The molecule has 1 N–H and O–H groups in total. The summed E-state index contributed by atoms with van der Waals surface area (Å²) in [5, 5.41) is 10.8. The van der Waals surface area contributed by atoms with Gasteiger partial charge in [0.1, 0.15) is 11.1 Å². The van der Waals surface area contributed by atoms with Crippen LogP contribution in [-0.4, -0.2) is 17.3 Å². The fourth-order valence-corrected chi connectivity index (χ4v) is 1.60. The Morgan fingerprint density at radius 3 is 2.78 bits per heavy atom. The normalized spacial score (nSPS) is 12.2. The summed E-state index contributed by atoms with van der Waals surface area (Å²) in [5.41, 5.74) is 0.641. The van der Waals surface area contributed by atoms with Crippen molar-refractivity contribution in [3.63, 3.8) is 0 Å². The first-order chi connectivity index (χ1) is 8.60. The second-order valence-electron chi connectivity index (χ2n) is 3.53. The molecule has 0 radical (unpaired) electrons. The summed E-state index contributed by atoms with van der Waals surface area (Å²) >= 11 is 11.7. The van der Waals surface area contributed by atoms with E-state index >= 15 is 0 Å². The van der Waals surface area contributed by atoms with Crippen LogP contribution in [-0.2, 0) is 0 Å². The Bertz CT molecular complexity index is 543. The van der Waals surface area contributed by atoms with Crippen LogP contribution < -0.4 is 10.1 Å². The molecular weight excluding hydrogens is 277 g/mol. The van der Waals surface area contributed by atoms with Gasteiger partial charge in [0, 0.05) is 5.02 Å². The monoisotopic (exact) mass is 287 g/mol. The summed E-state index contributed by atoms with van der Waals surface area (Å²) in [7, 11) is 1.56. The minimum atomic E-state index is -0.339. The third-order valence-electron chi connectivity index (χ3n) is 2.18. The minimum absolute atomic E-state index is 0.234. The second-order valence-corrected chi connectivity index (χ2v) is 4.62. The molecule has 0 spiro atoms. The zero-order valence-electron chi connectivity index (χ0n) is 9.78. The van der Waals surface area contributed by atoms with Crippen LogP contribution in [0.4, 0.5) is 11.7 Å². The Balaban J connectivity index is 2.24. The van der Waals surface area contributed by atoms with Gasteiger partial charge in [-0.3, -0.25) is 0 Å². The van der Waals surface area contributed by atoms with Crippen molar-refractivity contribution in [2.45, 2.75) is 12.3 Å². The molecule has 5 nitrogen and oxygen atoms in total. The van der Waals surface area contributed by atoms with Gasteiger partial charge in [0.2, 0.25) is 5.89 Å². The van der Waals surface area contributed by atoms with Crippen molar-refractivity contribution in [3.8, 4) is 5.75 Å². The molecule has 18 heavy (non-hydrogen) atoms. The van der Waals surface area contributed by atoms with E-state index < -0.39 is 0 Å². The molecule has 0 amide bonds. The zero-order chi connectivity index (χ0) is 13.1. The van der Waals surface area contributed by atoms with Gasteiger partial charge in [-0.2, -0.15) is 0 Å². The summed E-state index contributed by atoms with van der Waals surface area (Å²) < 4.78 is 10.5. The van der Waals surface area contributed by atoms with Crippen molar-refractivity contribution in [1.29, 1.82) is 0 Å². The average molecular weight is 288 g/mol. The van der Waals surface area contributed by atoms with Crippen LogP contribution in [0, 0.1) is 0 Å². The molecule has 0 aliphatic heterocycles. The minimum Gasteiger partial charge on any atom is -0.495 e. The van der Waals surface area contributed by atoms with Crippen molar-refractivity contribution < 1.29 is 9.15 Å². The van der Waals surface area contributed by atoms with E-state index in [2.05, 4.69) is 15.5 Å². The predicted molar refractivity (Wildman–Crippen MR) is 69.9 cm³/mol. The number of nitrogens with zero attached hydrogens (tertiary/aromatic N) is 2. The van der Waals surface area contributed by atoms with Gasteiger partial charge in [-0.25, -0.2) is 0 Å². The lowest BCUT2D eigenvalue weighted by molar-refractivity contribution is 0.416. The van der Waals surface area contributed by atoms with Gasteiger partial charge < -0.3 is 14.5 Å². The number of ether oxygens (including phenoxy) is 1. The highest BCUT2D eigenvalue weighted by atomic mass is 35.5. The fraction of sp³-hybridized carbons (Fsp3) is 0.273. The number of halogens is 2. The Labute approximate surface area is 114 Å². The molecular formula is C11H11Cl2N3O2. The third-order valence-corrected chi connectivity index (χ3v) is 2.61. The van der Waals surface area contributed by atoms with Crippen LogP contribution in [0.3, 0.4) is 0 Å².